The molecule has 1 N–H and O–H groups in total. The molecule has 0 saturated heterocycles. The minimum absolute atomic E-state index is 0.105. The molecule has 5 heteroatoms. The standard InChI is InChI=1S/C27H38N2O3/c1-7-23(26(31)28-17-20(2)3)29(18-21-13-9-8-10-14-21)25(30)19-32-24-16-12-11-15-22(24)27(4,5)6/h8-16,20,23H,7,17-19H2,1-6H3,(H,28,31)/t23-/m1/s1. The van der Waals surface area contributed by atoms with Gasteiger partial charge in [0.05, 0.1) is 0 Å². The maximum atomic E-state index is 13.3. The van der Waals surface area contributed by atoms with Gasteiger partial charge in [0.25, 0.3) is 5.91 Å². The van der Waals surface area contributed by atoms with Crippen LogP contribution < -0.4 is 10.1 Å². The Morgan fingerprint density at radius 1 is 1.00 bits per heavy atom. The van der Waals surface area contributed by atoms with E-state index in [9.17, 15) is 9.59 Å². The molecule has 174 valence electrons. The lowest BCUT2D eigenvalue weighted by Crippen LogP contribution is -2.50. The predicted octanol–water partition coefficient (Wildman–Crippen LogP) is 4.94. The summed E-state index contributed by atoms with van der Waals surface area (Å²) in [7, 11) is 0. The maximum absolute atomic E-state index is 13.3. The lowest BCUT2D eigenvalue weighted by atomic mass is 9.86. The monoisotopic (exact) mass is 438 g/mol. The summed E-state index contributed by atoms with van der Waals surface area (Å²) >= 11 is 0. The van der Waals surface area contributed by atoms with Crippen molar-refractivity contribution < 1.29 is 14.3 Å². The van der Waals surface area contributed by atoms with Crippen LogP contribution in [0.3, 0.4) is 0 Å². The quantitative estimate of drug-likeness (QED) is 0.571. The summed E-state index contributed by atoms with van der Waals surface area (Å²) in [6.45, 7) is 13.2. The second-order valence-electron chi connectivity index (χ2n) is 9.61. The van der Waals surface area contributed by atoms with Crippen LogP contribution >= 0.6 is 0 Å². The van der Waals surface area contributed by atoms with Crippen LogP contribution in [0.5, 0.6) is 5.75 Å². The van der Waals surface area contributed by atoms with Crippen LogP contribution in [0.1, 0.15) is 59.1 Å². The third kappa shape index (κ3) is 7.40. The van der Waals surface area contributed by atoms with Crippen LogP contribution in [0.2, 0.25) is 0 Å². The molecule has 0 heterocycles. The van der Waals surface area contributed by atoms with Gasteiger partial charge in [-0.2, -0.15) is 0 Å². The molecule has 0 aliphatic carbocycles. The van der Waals surface area contributed by atoms with Gasteiger partial charge in [0, 0.05) is 13.1 Å². The summed E-state index contributed by atoms with van der Waals surface area (Å²) in [6, 6.07) is 17.0. The molecule has 2 aromatic carbocycles. The van der Waals surface area contributed by atoms with Crippen LogP contribution in [0.15, 0.2) is 54.6 Å². The zero-order valence-electron chi connectivity index (χ0n) is 20.4. The van der Waals surface area contributed by atoms with E-state index in [2.05, 4.69) is 39.9 Å². The van der Waals surface area contributed by atoms with Gasteiger partial charge in [-0.05, 0) is 34.9 Å². The van der Waals surface area contributed by atoms with E-state index in [1.165, 1.54) is 0 Å². The van der Waals surface area contributed by atoms with Gasteiger partial charge >= 0.3 is 0 Å². The molecule has 0 bridgehead atoms. The first-order valence-electron chi connectivity index (χ1n) is 11.5. The molecule has 2 amide bonds. The topological polar surface area (TPSA) is 58.6 Å². The van der Waals surface area contributed by atoms with Gasteiger partial charge in [-0.15, -0.1) is 0 Å². The molecular weight excluding hydrogens is 400 g/mol. The highest BCUT2D eigenvalue weighted by Gasteiger charge is 2.29. The minimum atomic E-state index is -0.553. The largest absolute Gasteiger partial charge is 0.483 e. The van der Waals surface area contributed by atoms with Gasteiger partial charge in [0.1, 0.15) is 11.8 Å². The normalized spacial score (nSPS) is 12.3. The van der Waals surface area contributed by atoms with Gasteiger partial charge in [-0.3, -0.25) is 9.59 Å². The van der Waals surface area contributed by atoms with Crippen LogP contribution in [-0.2, 0) is 21.5 Å². The molecule has 0 aromatic heterocycles. The van der Waals surface area contributed by atoms with Crippen molar-refractivity contribution >= 4 is 11.8 Å². The van der Waals surface area contributed by atoms with E-state index in [4.69, 9.17) is 4.74 Å². The number of carbonyl (C=O) groups excluding carboxylic acids is 2. The maximum Gasteiger partial charge on any atom is 0.261 e. The molecule has 0 spiro atoms. The van der Waals surface area contributed by atoms with Crippen molar-refractivity contribution in [2.75, 3.05) is 13.2 Å². The Hall–Kier alpha value is -2.82. The van der Waals surface area contributed by atoms with Gasteiger partial charge in [-0.25, -0.2) is 0 Å². The highest BCUT2D eigenvalue weighted by atomic mass is 16.5. The van der Waals surface area contributed by atoms with E-state index in [1.807, 2.05) is 61.5 Å². The van der Waals surface area contributed by atoms with Crippen molar-refractivity contribution in [3.63, 3.8) is 0 Å². The van der Waals surface area contributed by atoms with E-state index in [0.717, 1.165) is 11.1 Å². The van der Waals surface area contributed by atoms with Gasteiger partial charge < -0.3 is 15.0 Å². The Balaban J connectivity index is 2.23. The number of hydrogen-bond donors (Lipinski definition) is 1. The van der Waals surface area contributed by atoms with Crippen molar-refractivity contribution in [1.29, 1.82) is 0 Å². The van der Waals surface area contributed by atoms with Crippen LogP contribution in [0, 0.1) is 5.92 Å². The summed E-state index contributed by atoms with van der Waals surface area (Å²) in [5.74, 6) is 0.710. The van der Waals surface area contributed by atoms with Crippen molar-refractivity contribution in [3.8, 4) is 5.75 Å². The number of amides is 2. The minimum Gasteiger partial charge on any atom is -0.483 e. The van der Waals surface area contributed by atoms with Crippen molar-refractivity contribution in [1.82, 2.24) is 10.2 Å². The molecule has 2 aromatic rings. The molecule has 0 aliphatic rings. The van der Waals surface area contributed by atoms with Crippen LogP contribution in [-0.4, -0.2) is 35.9 Å². The zero-order chi connectivity index (χ0) is 23.7. The first-order valence-corrected chi connectivity index (χ1v) is 11.5. The molecule has 2 rings (SSSR count). The average molecular weight is 439 g/mol. The Kier molecular flexibility index (Phi) is 9.30. The molecule has 1 atom stereocenters. The number of nitrogens with one attached hydrogen (secondary N) is 1. The highest BCUT2D eigenvalue weighted by Crippen LogP contribution is 2.31. The Labute approximate surface area is 193 Å². The predicted molar refractivity (Wildman–Crippen MR) is 130 cm³/mol. The summed E-state index contributed by atoms with van der Waals surface area (Å²) < 4.78 is 5.99. The first kappa shape index (κ1) is 25.4. The Morgan fingerprint density at radius 2 is 1.62 bits per heavy atom. The number of benzene rings is 2. The summed E-state index contributed by atoms with van der Waals surface area (Å²) in [5.41, 5.74) is 1.92. The average Bonchev–Trinajstić information content (AvgIpc) is 2.76. The SMILES string of the molecule is CC[C@H](C(=O)NCC(C)C)N(Cc1ccccc1)C(=O)COc1ccccc1C(C)(C)C. The molecule has 32 heavy (non-hydrogen) atoms. The third-order valence-electron chi connectivity index (χ3n) is 5.31. The first-order chi connectivity index (χ1) is 15.1. The molecule has 5 nitrogen and oxygen atoms in total. The van der Waals surface area contributed by atoms with Crippen molar-refractivity contribution in [2.45, 2.75) is 66.0 Å². The molecule has 0 saturated carbocycles. The van der Waals surface area contributed by atoms with Crippen molar-refractivity contribution in [3.05, 3.63) is 65.7 Å². The number of nitrogens with zero attached hydrogens (tertiary/aromatic N) is 1. The summed E-state index contributed by atoms with van der Waals surface area (Å²) in [6.07, 6.45) is 0.529. The van der Waals surface area contributed by atoms with Crippen LogP contribution in [0.25, 0.3) is 0 Å². The smallest absolute Gasteiger partial charge is 0.261 e. The van der Waals surface area contributed by atoms with E-state index < -0.39 is 6.04 Å². The van der Waals surface area contributed by atoms with Crippen molar-refractivity contribution in [2.24, 2.45) is 5.92 Å². The molecule has 0 unspecified atom stereocenters. The molecule has 0 aliphatic heterocycles. The molecule has 0 radical (unpaired) electrons. The van der Waals surface area contributed by atoms with E-state index in [1.54, 1.807) is 4.90 Å². The lowest BCUT2D eigenvalue weighted by Gasteiger charge is -2.31. The van der Waals surface area contributed by atoms with Gasteiger partial charge in [0.2, 0.25) is 5.91 Å². The fourth-order valence-corrected chi connectivity index (χ4v) is 3.56. The number of hydrogen-bond acceptors (Lipinski definition) is 3. The van der Waals surface area contributed by atoms with Gasteiger partial charge in [0.15, 0.2) is 6.61 Å². The third-order valence-corrected chi connectivity index (χ3v) is 5.31. The molecule has 0 fully saturated rings. The number of ether oxygens (including phenoxy) is 1. The van der Waals surface area contributed by atoms with E-state index in [0.29, 0.717) is 31.2 Å². The number of rotatable bonds is 10. The summed E-state index contributed by atoms with van der Waals surface area (Å²) in [4.78, 5) is 27.9. The lowest BCUT2D eigenvalue weighted by molar-refractivity contribution is -0.143. The Morgan fingerprint density at radius 3 is 2.22 bits per heavy atom. The van der Waals surface area contributed by atoms with Crippen LogP contribution in [0.4, 0.5) is 0 Å². The van der Waals surface area contributed by atoms with Gasteiger partial charge in [-0.1, -0.05) is 90.1 Å². The fourth-order valence-electron chi connectivity index (χ4n) is 3.56. The summed E-state index contributed by atoms with van der Waals surface area (Å²) in [5, 5.41) is 2.98. The zero-order valence-corrected chi connectivity index (χ0v) is 20.4. The second-order valence-corrected chi connectivity index (χ2v) is 9.61. The number of carbonyl (C=O) groups is 2. The second kappa shape index (κ2) is 11.7. The Bertz CT molecular complexity index is 872. The van der Waals surface area contributed by atoms with E-state index >= 15 is 0 Å². The van der Waals surface area contributed by atoms with E-state index in [-0.39, 0.29) is 23.8 Å². The number of para-hydroxylation sites is 1. The fraction of sp³-hybridized carbons (Fsp3) is 0.481. The molecular formula is C27H38N2O3. The highest BCUT2D eigenvalue weighted by molar-refractivity contribution is 5.88.